The van der Waals surface area contributed by atoms with E-state index in [1.165, 1.54) is 31.4 Å². The number of esters is 1. The fourth-order valence-corrected chi connectivity index (χ4v) is 2.25. The number of carbonyl (C=O) groups excluding carboxylic acids is 2. The van der Waals surface area contributed by atoms with Gasteiger partial charge in [0.2, 0.25) is 0 Å². The van der Waals surface area contributed by atoms with Crippen molar-refractivity contribution in [2.75, 3.05) is 17.7 Å². The molecule has 0 bridgehead atoms. The minimum Gasteiger partial charge on any atom is -0.465 e. The molecule has 0 unspecified atom stereocenters. The van der Waals surface area contributed by atoms with Crippen molar-refractivity contribution in [2.45, 2.75) is 0 Å². The van der Waals surface area contributed by atoms with Crippen LogP contribution < -0.4 is 10.6 Å². The van der Waals surface area contributed by atoms with Crippen LogP contribution in [-0.4, -0.2) is 29.2 Å². The van der Waals surface area contributed by atoms with Crippen LogP contribution in [0.4, 0.5) is 21.7 Å². The molecule has 0 saturated heterocycles. The van der Waals surface area contributed by atoms with Crippen molar-refractivity contribution >= 4 is 29.2 Å². The highest BCUT2D eigenvalue weighted by atomic mass is 19.1. The first-order chi connectivity index (χ1) is 13.1. The Balaban J connectivity index is 1.64. The number of anilines is 3. The molecule has 0 aliphatic heterocycles. The van der Waals surface area contributed by atoms with Crippen molar-refractivity contribution in [2.24, 2.45) is 0 Å². The van der Waals surface area contributed by atoms with Gasteiger partial charge in [-0.15, -0.1) is 10.2 Å². The molecule has 0 atom stereocenters. The lowest BCUT2D eigenvalue weighted by Gasteiger charge is -2.08. The summed E-state index contributed by atoms with van der Waals surface area (Å²) in [6, 6.07) is 15.4. The number of rotatable bonds is 5. The Morgan fingerprint density at radius 3 is 2.22 bits per heavy atom. The molecule has 1 heterocycles. The molecule has 3 aromatic rings. The van der Waals surface area contributed by atoms with E-state index in [-0.39, 0.29) is 11.4 Å². The van der Waals surface area contributed by atoms with Crippen molar-refractivity contribution in [3.8, 4) is 0 Å². The van der Waals surface area contributed by atoms with Crippen LogP contribution in [0.5, 0.6) is 0 Å². The first kappa shape index (κ1) is 18.0. The predicted octanol–water partition coefficient (Wildman–Crippen LogP) is 3.40. The van der Waals surface area contributed by atoms with Crippen molar-refractivity contribution in [1.29, 1.82) is 0 Å². The molecule has 27 heavy (non-hydrogen) atoms. The van der Waals surface area contributed by atoms with Crippen LogP contribution in [0.15, 0.2) is 60.7 Å². The molecule has 8 heteroatoms. The number of carbonyl (C=O) groups is 2. The van der Waals surface area contributed by atoms with Crippen LogP contribution in [0.3, 0.4) is 0 Å². The van der Waals surface area contributed by atoms with Crippen LogP contribution in [0.2, 0.25) is 0 Å². The molecule has 3 rings (SSSR count). The highest BCUT2D eigenvalue weighted by Crippen LogP contribution is 2.16. The maximum Gasteiger partial charge on any atom is 0.337 e. The molecule has 0 fully saturated rings. The van der Waals surface area contributed by atoms with Crippen LogP contribution in [0.1, 0.15) is 20.7 Å². The number of ether oxygens (including phenoxy) is 1. The number of nitrogens with zero attached hydrogens (tertiary/aromatic N) is 2. The maximum absolute atomic E-state index is 13.6. The third-order valence-electron chi connectivity index (χ3n) is 3.60. The lowest BCUT2D eigenvalue weighted by atomic mass is 10.2. The van der Waals surface area contributed by atoms with Gasteiger partial charge in [0.05, 0.1) is 18.2 Å². The third kappa shape index (κ3) is 4.43. The van der Waals surface area contributed by atoms with E-state index in [0.717, 1.165) is 0 Å². The van der Waals surface area contributed by atoms with Crippen molar-refractivity contribution in [3.05, 3.63) is 77.6 Å². The summed E-state index contributed by atoms with van der Waals surface area (Å²) in [6.07, 6.45) is 0. The average Bonchev–Trinajstić information content (AvgIpc) is 2.69. The number of nitrogens with one attached hydrogen (secondary N) is 2. The molecule has 0 aliphatic rings. The number of methoxy groups -OCH3 is 1. The quantitative estimate of drug-likeness (QED) is 0.672. The minimum atomic E-state index is -0.614. The highest BCUT2D eigenvalue weighted by Gasteiger charge is 2.12. The number of aromatic nitrogens is 2. The van der Waals surface area contributed by atoms with E-state index in [9.17, 15) is 14.0 Å². The number of hydrogen-bond acceptors (Lipinski definition) is 6. The van der Waals surface area contributed by atoms with Crippen molar-refractivity contribution in [3.63, 3.8) is 0 Å². The molecule has 1 aromatic heterocycles. The molecule has 1 amide bonds. The minimum absolute atomic E-state index is 0.0767. The molecule has 0 spiro atoms. The Morgan fingerprint density at radius 2 is 1.59 bits per heavy atom. The van der Waals surface area contributed by atoms with Gasteiger partial charge in [0.15, 0.2) is 11.6 Å². The van der Waals surface area contributed by atoms with E-state index in [1.807, 2.05) is 0 Å². The summed E-state index contributed by atoms with van der Waals surface area (Å²) in [7, 11) is 1.32. The standard InChI is InChI=1S/C19H15FN4O3/c1-27-19(26)12-6-8-13(9-7-12)21-16-10-11-17(24-23-16)22-18(25)14-4-2-3-5-15(14)20/h2-11H,1H3,(H,21,23)(H,22,24,25). The summed E-state index contributed by atoms with van der Waals surface area (Å²) in [5, 5.41) is 13.3. The second-order valence-corrected chi connectivity index (χ2v) is 5.43. The van der Waals surface area contributed by atoms with E-state index in [1.54, 1.807) is 36.4 Å². The monoisotopic (exact) mass is 366 g/mol. The zero-order valence-corrected chi connectivity index (χ0v) is 14.3. The first-order valence-corrected chi connectivity index (χ1v) is 7.92. The molecule has 0 aliphatic carbocycles. The van der Waals surface area contributed by atoms with Crippen molar-refractivity contribution < 1.29 is 18.7 Å². The van der Waals surface area contributed by atoms with Crippen LogP contribution >= 0.6 is 0 Å². The molecule has 2 N–H and O–H groups in total. The Labute approximate surface area is 154 Å². The number of amides is 1. The van der Waals surface area contributed by atoms with E-state index < -0.39 is 17.7 Å². The van der Waals surface area contributed by atoms with Gasteiger partial charge in [0.1, 0.15) is 5.82 Å². The Bertz CT molecular complexity index is 959. The lowest BCUT2D eigenvalue weighted by molar-refractivity contribution is 0.0600. The molecule has 7 nitrogen and oxygen atoms in total. The highest BCUT2D eigenvalue weighted by molar-refractivity contribution is 6.03. The zero-order valence-electron chi connectivity index (χ0n) is 14.3. The Kier molecular flexibility index (Phi) is 5.36. The summed E-state index contributed by atoms with van der Waals surface area (Å²) in [6.45, 7) is 0. The first-order valence-electron chi connectivity index (χ1n) is 7.92. The molecule has 136 valence electrons. The van der Waals surface area contributed by atoms with Gasteiger partial charge in [0, 0.05) is 5.69 Å². The smallest absolute Gasteiger partial charge is 0.337 e. The molecule has 0 saturated carbocycles. The summed E-state index contributed by atoms with van der Waals surface area (Å²) in [5.41, 5.74) is 1.05. The average molecular weight is 366 g/mol. The summed E-state index contributed by atoms with van der Waals surface area (Å²) in [4.78, 5) is 23.5. The summed E-state index contributed by atoms with van der Waals surface area (Å²) >= 11 is 0. The largest absolute Gasteiger partial charge is 0.465 e. The van der Waals surface area contributed by atoms with Gasteiger partial charge < -0.3 is 15.4 Å². The Hall–Kier alpha value is -3.81. The van der Waals surface area contributed by atoms with Gasteiger partial charge in [-0.25, -0.2) is 9.18 Å². The van der Waals surface area contributed by atoms with Gasteiger partial charge in [0.25, 0.3) is 5.91 Å². The fraction of sp³-hybridized carbons (Fsp3) is 0.0526. The van der Waals surface area contributed by atoms with E-state index in [2.05, 4.69) is 25.6 Å². The van der Waals surface area contributed by atoms with E-state index in [0.29, 0.717) is 17.1 Å². The normalized spacial score (nSPS) is 10.1. The van der Waals surface area contributed by atoms with Crippen LogP contribution in [0.25, 0.3) is 0 Å². The number of halogens is 1. The van der Waals surface area contributed by atoms with Gasteiger partial charge in [-0.05, 0) is 48.5 Å². The van der Waals surface area contributed by atoms with Crippen LogP contribution in [-0.2, 0) is 4.74 Å². The maximum atomic E-state index is 13.6. The molecule has 2 aromatic carbocycles. The van der Waals surface area contributed by atoms with E-state index in [4.69, 9.17) is 0 Å². The van der Waals surface area contributed by atoms with E-state index >= 15 is 0 Å². The molecular formula is C19H15FN4O3. The van der Waals surface area contributed by atoms with Crippen molar-refractivity contribution in [1.82, 2.24) is 10.2 Å². The fourth-order valence-electron chi connectivity index (χ4n) is 2.25. The molecular weight excluding hydrogens is 351 g/mol. The SMILES string of the molecule is COC(=O)c1ccc(Nc2ccc(NC(=O)c3ccccc3F)nn2)cc1. The van der Waals surface area contributed by atoms with Gasteiger partial charge in [-0.1, -0.05) is 12.1 Å². The lowest BCUT2D eigenvalue weighted by Crippen LogP contribution is -2.15. The predicted molar refractivity (Wildman–Crippen MR) is 97.4 cm³/mol. The summed E-state index contributed by atoms with van der Waals surface area (Å²) < 4.78 is 18.3. The number of hydrogen-bond donors (Lipinski definition) is 2. The Morgan fingerprint density at radius 1 is 0.926 bits per heavy atom. The molecule has 0 radical (unpaired) electrons. The number of benzene rings is 2. The summed E-state index contributed by atoms with van der Waals surface area (Å²) in [5.74, 6) is -1.02. The second-order valence-electron chi connectivity index (χ2n) is 5.43. The van der Waals surface area contributed by atoms with Crippen LogP contribution in [0, 0.1) is 5.82 Å². The zero-order chi connectivity index (χ0) is 19.2. The van der Waals surface area contributed by atoms with Gasteiger partial charge >= 0.3 is 5.97 Å². The van der Waals surface area contributed by atoms with Gasteiger partial charge in [-0.3, -0.25) is 4.79 Å². The third-order valence-corrected chi connectivity index (χ3v) is 3.60. The second kappa shape index (κ2) is 8.05. The van der Waals surface area contributed by atoms with Gasteiger partial charge in [-0.2, -0.15) is 0 Å². The topological polar surface area (TPSA) is 93.2 Å².